The van der Waals surface area contributed by atoms with Crippen molar-refractivity contribution in [3.05, 3.63) is 57.8 Å². The maximum absolute atomic E-state index is 12.5. The molecule has 1 N–H and O–H groups in total. The van der Waals surface area contributed by atoms with E-state index in [4.69, 9.17) is 0 Å². The summed E-state index contributed by atoms with van der Waals surface area (Å²) in [5.74, 6) is 0.645. The van der Waals surface area contributed by atoms with Crippen molar-refractivity contribution in [2.75, 3.05) is 18.8 Å². The monoisotopic (exact) mass is 374 g/mol. The van der Waals surface area contributed by atoms with Crippen molar-refractivity contribution in [2.45, 2.75) is 25.8 Å². The summed E-state index contributed by atoms with van der Waals surface area (Å²) in [6.07, 6.45) is 2.18. The smallest absolute Gasteiger partial charge is 0.282 e. The van der Waals surface area contributed by atoms with Gasteiger partial charge in [0, 0.05) is 17.2 Å². The molecule has 2 heterocycles. The Hall–Kier alpha value is -1.79. The molecule has 2 aromatic rings. The predicted octanol–water partition coefficient (Wildman–Crippen LogP) is 4.08. The van der Waals surface area contributed by atoms with Gasteiger partial charge in [-0.1, -0.05) is 55.4 Å². The fourth-order valence-corrected chi connectivity index (χ4v) is 4.52. The molecule has 0 unspecified atom stereocenters. The first-order valence-electron chi connectivity index (χ1n) is 8.50. The number of rotatable bonds is 7. The third-order valence-corrected chi connectivity index (χ3v) is 5.99. The Bertz CT molecular complexity index is 714. The number of nitrogens with one attached hydrogen (secondary N) is 1. The second-order valence-corrected chi connectivity index (χ2v) is 8.07. The zero-order chi connectivity index (χ0) is 17.6. The standard InChI is InChI=1S/C19H22N2O2S2/c1-2-4-14-6-8-15(9-7-14)18(16-5-3-11-24-16)20-17(22)13-21-10-12-25-19(21)23/h3,5-9,11,18H,2,4,10,12-13H2,1H3,(H,20,22)/t18-/m0/s1. The average Bonchev–Trinajstić information content (AvgIpc) is 3.27. The summed E-state index contributed by atoms with van der Waals surface area (Å²) in [6.45, 7) is 2.94. The molecule has 0 radical (unpaired) electrons. The van der Waals surface area contributed by atoms with Crippen LogP contribution in [-0.4, -0.2) is 34.9 Å². The van der Waals surface area contributed by atoms with Crippen molar-refractivity contribution in [3.8, 4) is 0 Å². The SMILES string of the molecule is CCCc1ccc([C@H](NC(=O)CN2CCSC2=O)c2cccs2)cc1. The Labute approximate surface area is 156 Å². The summed E-state index contributed by atoms with van der Waals surface area (Å²) in [6, 6.07) is 12.3. The van der Waals surface area contributed by atoms with Gasteiger partial charge < -0.3 is 10.2 Å². The van der Waals surface area contributed by atoms with Crippen LogP contribution < -0.4 is 5.32 Å². The number of thioether (sulfide) groups is 1. The summed E-state index contributed by atoms with van der Waals surface area (Å²) < 4.78 is 0. The minimum atomic E-state index is -0.173. The number of hydrogen-bond acceptors (Lipinski definition) is 4. The van der Waals surface area contributed by atoms with Crippen molar-refractivity contribution >= 4 is 34.2 Å². The lowest BCUT2D eigenvalue weighted by Gasteiger charge is -2.21. The van der Waals surface area contributed by atoms with E-state index in [-0.39, 0.29) is 23.7 Å². The lowest BCUT2D eigenvalue weighted by molar-refractivity contribution is -0.122. The molecule has 1 aromatic heterocycles. The Balaban J connectivity index is 1.73. The minimum Gasteiger partial charge on any atom is -0.343 e. The molecule has 1 aliphatic heterocycles. The van der Waals surface area contributed by atoms with Crippen LogP contribution in [0.5, 0.6) is 0 Å². The van der Waals surface area contributed by atoms with Gasteiger partial charge in [-0.25, -0.2) is 0 Å². The Morgan fingerprint density at radius 2 is 2.08 bits per heavy atom. The van der Waals surface area contributed by atoms with E-state index in [2.05, 4.69) is 36.5 Å². The summed E-state index contributed by atoms with van der Waals surface area (Å²) in [4.78, 5) is 26.9. The highest BCUT2D eigenvalue weighted by Crippen LogP contribution is 2.27. The summed E-state index contributed by atoms with van der Waals surface area (Å²) in [5.41, 5.74) is 2.37. The molecule has 0 aliphatic carbocycles. The highest BCUT2D eigenvalue weighted by molar-refractivity contribution is 8.13. The average molecular weight is 375 g/mol. The van der Waals surface area contributed by atoms with Crippen LogP contribution >= 0.6 is 23.1 Å². The lowest BCUT2D eigenvalue weighted by atomic mass is 10.0. The number of aryl methyl sites for hydroxylation is 1. The van der Waals surface area contributed by atoms with Gasteiger partial charge in [-0.15, -0.1) is 11.3 Å². The van der Waals surface area contributed by atoms with Crippen LogP contribution in [0, 0.1) is 0 Å². The zero-order valence-electron chi connectivity index (χ0n) is 14.2. The molecule has 0 saturated carbocycles. The predicted molar refractivity (Wildman–Crippen MR) is 104 cm³/mol. The van der Waals surface area contributed by atoms with Crippen molar-refractivity contribution in [1.82, 2.24) is 10.2 Å². The van der Waals surface area contributed by atoms with E-state index in [9.17, 15) is 9.59 Å². The van der Waals surface area contributed by atoms with E-state index in [1.807, 2.05) is 17.5 Å². The number of amides is 2. The number of carbonyl (C=O) groups excluding carboxylic acids is 2. The van der Waals surface area contributed by atoms with Crippen LogP contribution in [0.15, 0.2) is 41.8 Å². The van der Waals surface area contributed by atoms with Crippen molar-refractivity contribution < 1.29 is 9.59 Å². The molecule has 2 amide bonds. The van der Waals surface area contributed by atoms with Gasteiger partial charge in [-0.3, -0.25) is 9.59 Å². The Morgan fingerprint density at radius 3 is 2.68 bits per heavy atom. The summed E-state index contributed by atoms with van der Waals surface area (Å²) >= 11 is 2.90. The van der Waals surface area contributed by atoms with Crippen LogP contribution in [0.4, 0.5) is 4.79 Å². The summed E-state index contributed by atoms with van der Waals surface area (Å²) in [5, 5.41) is 5.11. The quantitative estimate of drug-likeness (QED) is 0.795. The summed E-state index contributed by atoms with van der Waals surface area (Å²) in [7, 11) is 0. The third kappa shape index (κ3) is 4.64. The first kappa shape index (κ1) is 18.0. The van der Waals surface area contributed by atoms with Crippen LogP contribution in [0.3, 0.4) is 0 Å². The first-order chi connectivity index (χ1) is 12.2. The van der Waals surface area contributed by atoms with Gasteiger partial charge in [0.25, 0.3) is 5.24 Å². The van der Waals surface area contributed by atoms with Gasteiger partial charge in [0.05, 0.1) is 6.04 Å². The van der Waals surface area contributed by atoms with Crippen molar-refractivity contribution in [3.63, 3.8) is 0 Å². The highest BCUT2D eigenvalue weighted by Gasteiger charge is 2.25. The molecule has 0 bridgehead atoms. The highest BCUT2D eigenvalue weighted by atomic mass is 32.2. The molecule has 1 fully saturated rings. The normalized spacial score (nSPS) is 15.4. The van der Waals surface area contributed by atoms with Gasteiger partial charge in [-0.05, 0) is 29.0 Å². The lowest BCUT2D eigenvalue weighted by Crippen LogP contribution is -2.39. The van der Waals surface area contributed by atoms with E-state index in [1.165, 1.54) is 17.3 Å². The molecule has 3 rings (SSSR count). The number of thiophene rings is 1. The Kier molecular flexibility index (Phi) is 6.15. The number of nitrogens with zero attached hydrogens (tertiary/aromatic N) is 1. The molecule has 6 heteroatoms. The maximum atomic E-state index is 12.5. The zero-order valence-corrected chi connectivity index (χ0v) is 15.9. The molecule has 1 aromatic carbocycles. The molecule has 4 nitrogen and oxygen atoms in total. The molecule has 25 heavy (non-hydrogen) atoms. The molecule has 1 saturated heterocycles. The molecule has 1 atom stereocenters. The largest absolute Gasteiger partial charge is 0.343 e. The van der Waals surface area contributed by atoms with Crippen molar-refractivity contribution in [1.29, 1.82) is 0 Å². The van der Waals surface area contributed by atoms with Crippen LogP contribution in [0.1, 0.15) is 35.4 Å². The van der Waals surface area contributed by atoms with E-state index >= 15 is 0 Å². The van der Waals surface area contributed by atoms with E-state index in [0.29, 0.717) is 6.54 Å². The minimum absolute atomic E-state index is 0.00765. The van der Waals surface area contributed by atoms with Gasteiger partial charge in [0.15, 0.2) is 0 Å². The second-order valence-electron chi connectivity index (χ2n) is 6.04. The van der Waals surface area contributed by atoms with Crippen molar-refractivity contribution in [2.24, 2.45) is 0 Å². The van der Waals surface area contributed by atoms with Gasteiger partial charge in [0.2, 0.25) is 5.91 Å². The van der Waals surface area contributed by atoms with Gasteiger partial charge >= 0.3 is 0 Å². The number of benzene rings is 1. The van der Waals surface area contributed by atoms with Crippen LogP contribution in [0.2, 0.25) is 0 Å². The molecular formula is C19H22N2O2S2. The number of hydrogen-bond donors (Lipinski definition) is 1. The second kappa shape index (κ2) is 8.54. The molecular weight excluding hydrogens is 352 g/mol. The fraction of sp³-hybridized carbons (Fsp3) is 0.368. The first-order valence-corrected chi connectivity index (χ1v) is 10.4. The number of carbonyl (C=O) groups is 2. The van der Waals surface area contributed by atoms with Gasteiger partial charge in [-0.2, -0.15) is 0 Å². The molecule has 132 valence electrons. The van der Waals surface area contributed by atoms with E-state index in [1.54, 1.807) is 16.2 Å². The van der Waals surface area contributed by atoms with E-state index < -0.39 is 0 Å². The van der Waals surface area contributed by atoms with E-state index in [0.717, 1.165) is 29.0 Å². The maximum Gasteiger partial charge on any atom is 0.282 e. The molecule has 0 spiro atoms. The fourth-order valence-electron chi connectivity index (χ4n) is 2.89. The topological polar surface area (TPSA) is 49.4 Å². The third-order valence-electron chi connectivity index (χ3n) is 4.16. The Morgan fingerprint density at radius 1 is 1.28 bits per heavy atom. The molecule has 1 aliphatic rings. The van der Waals surface area contributed by atoms with Crippen LogP contribution in [-0.2, 0) is 11.2 Å². The van der Waals surface area contributed by atoms with Gasteiger partial charge in [0.1, 0.15) is 6.54 Å². The van der Waals surface area contributed by atoms with Crippen LogP contribution in [0.25, 0.3) is 0 Å².